The zero-order valence-electron chi connectivity index (χ0n) is 14.5. The van der Waals surface area contributed by atoms with Crippen LogP contribution in [0.4, 0.5) is 5.82 Å². The molecule has 8 heteroatoms. The van der Waals surface area contributed by atoms with Gasteiger partial charge in [0.25, 0.3) is 0 Å². The molecule has 7 nitrogen and oxygen atoms in total. The molecule has 0 radical (unpaired) electrons. The maximum atomic E-state index is 11.5. The predicted octanol–water partition coefficient (Wildman–Crippen LogP) is 2.78. The SMILES string of the molecule is CNc1ncnc2c1c(-c1ccccc1)cn2-c1ccc(S(N)(=O)=O)cc1. The molecule has 0 spiro atoms. The van der Waals surface area contributed by atoms with Crippen LogP contribution in [0.5, 0.6) is 0 Å². The molecule has 0 saturated heterocycles. The van der Waals surface area contributed by atoms with E-state index in [1.165, 1.54) is 18.5 Å². The van der Waals surface area contributed by atoms with Crippen molar-refractivity contribution in [2.24, 2.45) is 5.14 Å². The molecule has 3 N–H and O–H groups in total. The summed E-state index contributed by atoms with van der Waals surface area (Å²) in [7, 11) is -1.92. The summed E-state index contributed by atoms with van der Waals surface area (Å²) in [5.74, 6) is 0.721. The first-order valence-electron chi connectivity index (χ1n) is 8.21. The number of fused-ring (bicyclic) bond motifs is 1. The Bertz CT molecular complexity index is 1220. The third kappa shape index (κ3) is 3.05. The lowest BCUT2D eigenvalue weighted by Gasteiger charge is -2.06. The van der Waals surface area contributed by atoms with E-state index >= 15 is 0 Å². The van der Waals surface area contributed by atoms with Crippen molar-refractivity contribution in [3.05, 3.63) is 67.1 Å². The summed E-state index contributed by atoms with van der Waals surface area (Å²) >= 11 is 0. The van der Waals surface area contributed by atoms with Crippen molar-refractivity contribution < 1.29 is 8.42 Å². The molecule has 4 aromatic rings. The number of aromatic nitrogens is 3. The topological polar surface area (TPSA) is 103 Å². The van der Waals surface area contributed by atoms with E-state index in [1.54, 1.807) is 12.1 Å². The molecule has 2 aromatic carbocycles. The molecule has 0 unspecified atom stereocenters. The van der Waals surface area contributed by atoms with Gasteiger partial charge in [0.05, 0.1) is 10.3 Å². The van der Waals surface area contributed by atoms with Crippen LogP contribution in [-0.2, 0) is 10.0 Å². The van der Waals surface area contributed by atoms with Gasteiger partial charge in [0.15, 0.2) is 5.65 Å². The lowest BCUT2D eigenvalue weighted by Crippen LogP contribution is -2.12. The molecule has 0 fully saturated rings. The highest BCUT2D eigenvalue weighted by Gasteiger charge is 2.17. The summed E-state index contributed by atoms with van der Waals surface area (Å²) in [4.78, 5) is 8.85. The van der Waals surface area contributed by atoms with E-state index in [-0.39, 0.29) is 4.90 Å². The smallest absolute Gasteiger partial charge is 0.238 e. The minimum Gasteiger partial charge on any atom is -0.372 e. The number of nitrogens with two attached hydrogens (primary N) is 1. The molecule has 0 aliphatic carbocycles. The second kappa shape index (κ2) is 6.49. The molecule has 27 heavy (non-hydrogen) atoms. The first-order valence-corrected chi connectivity index (χ1v) is 9.76. The molecular formula is C19H17N5O2S. The number of sulfonamides is 1. The van der Waals surface area contributed by atoms with Crippen LogP contribution in [0.1, 0.15) is 0 Å². The van der Waals surface area contributed by atoms with Gasteiger partial charge in [0.1, 0.15) is 12.1 Å². The average molecular weight is 379 g/mol. The van der Waals surface area contributed by atoms with E-state index in [0.29, 0.717) is 0 Å². The Morgan fingerprint density at radius 2 is 1.70 bits per heavy atom. The summed E-state index contributed by atoms with van der Waals surface area (Å²) in [6.07, 6.45) is 3.47. The molecule has 0 aliphatic heterocycles. The quantitative estimate of drug-likeness (QED) is 0.567. The van der Waals surface area contributed by atoms with Gasteiger partial charge in [0, 0.05) is 24.5 Å². The Balaban J connectivity index is 1.97. The molecule has 2 aromatic heterocycles. The molecule has 0 amide bonds. The Labute approximate surface area is 156 Å². The number of hydrogen-bond donors (Lipinski definition) is 2. The summed E-state index contributed by atoms with van der Waals surface area (Å²) in [6, 6.07) is 16.3. The van der Waals surface area contributed by atoms with Crippen molar-refractivity contribution in [3.63, 3.8) is 0 Å². The first kappa shape index (κ1) is 17.2. The van der Waals surface area contributed by atoms with Crippen LogP contribution >= 0.6 is 0 Å². The second-order valence-electron chi connectivity index (χ2n) is 5.99. The number of rotatable bonds is 4. The molecule has 2 heterocycles. The van der Waals surface area contributed by atoms with E-state index in [1.807, 2.05) is 48.1 Å². The third-order valence-electron chi connectivity index (χ3n) is 4.35. The zero-order chi connectivity index (χ0) is 19.0. The maximum Gasteiger partial charge on any atom is 0.238 e. The van der Waals surface area contributed by atoms with E-state index in [0.717, 1.165) is 33.7 Å². The van der Waals surface area contributed by atoms with Crippen molar-refractivity contribution in [2.75, 3.05) is 12.4 Å². The molecule has 0 atom stereocenters. The van der Waals surface area contributed by atoms with Crippen LogP contribution in [-0.4, -0.2) is 30.0 Å². The lowest BCUT2D eigenvalue weighted by molar-refractivity contribution is 0.598. The summed E-state index contributed by atoms with van der Waals surface area (Å²) < 4.78 is 24.9. The van der Waals surface area contributed by atoms with E-state index in [9.17, 15) is 8.42 Å². The van der Waals surface area contributed by atoms with E-state index in [4.69, 9.17) is 5.14 Å². The van der Waals surface area contributed by atoms with Gasteiger partial charge in [0.2, 0.25) is 10.0 Å². The van der Waals surface area contributed by atoms with Crippen molar-refractivity contribution >= 4 is 26.9 Å². The molecule has 0 saturated carbocycles. The molecule has 4 rings (SSSR count). The summed E-state index contributed by atoms with van der Waals surface area (Å²) in [5, 5.41) is 9.19. The minimum absolute atomic E-state index is 0.0662. The van der Waals surface area contributed by atoms with Gasteiger partial charge in [-0.2, -0.15) is 0 Å². The fraction of sp³-hybridized carbons (Fsp3) is 0.0526. The van der Waals surface area contributed by atoms with Crippen LogP contribution in [0.25, 0.3) is 27.8 Å². The highest BCUT2D eigenvalue weighted by molar-refractivity contribution is 7.89. The molecule has 0 bridgehead atoms. The Kier molecular flexibility index (Phi) is 4.14. The number of hydrogen-bond acceptors (Lipinski definition) is 5. The van der Waals surface area contributed by atoms with Gasteiger partial charge in [-0.25, -0.2) is 23.5 Å². The monoisotopic (exact) mass is 379 g/mol. The highest BCUT2D eigenvalue weighted by atomic mass is 32.2. The van der Waals surface area contributed by atoms with Gasteiger partial charge < -0.3 is 9.88 Å². The van der Waals surface area contributed by atoms with Gasteiger partial charge in [-0.3, -0.25) is 0 Å². The summed E-state index contributed by atoms with van der Waals surface area (Å²) in [5.41, 5.74) is 3.51. The Hall–Kier alpha value is -3.23. The molecule has 136 valence electrons. The van der Waals surface area contributed by atoms with Crippen LogP contribution in [0.2, 0.25) is 0 Å². The standard InChI is InChI=1S/C19H17N5O2S/c1-21-18-17-16(13-5-3-2-4-6-13)11-24(19(17)23-12-22-18)14-7-9-15(10-8-14)27(20,25)26/h2-12H,1H3,(H2,20,25,26)(H,21,22,23). The van der Waals surface area contributed by atoms with Crippen LogP contribution < -0.4 is 10.5 Å². The fourth-order valence-corrected chi connectivity index (χ4v) is 3.60. The first-order chi connectivity index (χ1) is 13.0. The van der Waals surface area contributed by atoms with Crippen LogP contribution in [0, 0.1) is 0 Å². The van der Waals surface area contributed by atoms with Gasteiger partial charge >= 0.3 is 0 Å². The van der Waals surface area contributed by atoms with Crippen LogP contribution in [0.3, 0.4) is 0 Å². The Morgan fingerprint density at radius 1 is 1.00 bits per heavy atom. The fourth-order valence-electron chi connectivity index (χ4n) is 3.08. The number of nitrogens with zero attached hydrogens (tertiary/aromatic N) is 3. The van der Waals surface area contributed by atoms with E-state index < -0.39 is 10.0 Å². The number of nitrogens with one attached hydrogen (secondary N) is 1. The van der Waals surface area contributed by atoms with Crippen molar-refractivity contribution in [2.45, 2.75) is 4.90 Å². The predicted molar refractivity (Wildman–Crippen MR) is 105 cm³/mol. The van der Waals surface area contributed by atoms with Gasteiger partial charge in [-0.1, -0.05) is 30.3 Å². The highest BCUT2D eigenvalue weighted by Crippen LogP contribution is 2.35. The largest absolute Gasteiger partial charge is 0.372 e. The van der Waals surface area contributed by atoms with Crippen molar-refractivity contribution in [1.29, 1.82) is 0 Å². The summed E-state index contributed by atoms with van der Waals surface area (Å²) in [6.45, 7) is 0. The van der Waals surface area contributed by atoms with Gasteiger partial charge in [-0.05, 0) is 29.8 Å². The minimum atomic E-state index is -3.74. The van der Waals surface area contributed by atoms with Crippen molar-refractivity contribution in [3.8, 4) is 16.8 Å². The Morgan fingerprint density at radius 3 is 2.33 bits per heavy atom. The zero-order valence-corrected chi connectivity index (χ0v) is 15.3. The molecule has 0 aliphatic rings. The normalized spacial score (nSPS) is 11.6. The maximum absolute atomic E-state index is 11.5. The third-order valence-corrected chi connectivity index (χ3v) is 5.28. The average Bonchev–Trinajstić information content (AvgIpc) is 3.08. The molecular weight excluding hydrogens is 362 g/mol. The number of primary sulfonamides is 1. The second-order valence-corrected chi connectivity index (χ2v) is 7.55. The lowest BCUT2D eigenvalue weighted by atomic mass is 10.1. The van der Waals surface area contributed by atoms with Gasteiger partial charge in [-0.15, -0.1) is 0 Å². The van der Waals surface area contributed by atoms with Crippen molar-refractivity contribution in [1.82, 2.24) is 14.5 Å². The number of anilines is 1. The van der Waals surface area contributed by atoms with Crippen LogP contribution in [0.15, 0.2) is 72.0 Å². The van der Waals surface area contributed by atoms with E-state index in [2.05, 4.69) is 15.3 Å². The number of benzene rings is 2.